The van der Waals surface area contributed by atoms with E-state index in [0.29, 0.717) is 11.6 Å². The van der Waals surface area contributed by atoms with Crippen LogP contribution in [0.3, 0.4) is 0 Å². The monoisotopic (exact) mass is 373 g/mol. The Morgan fingerprint density at radius 2 is 1.92 bits per heavy atom. The molecule has 1 fully saturated rings. The van der Waals surface area contributed by atoms with Gasteiger partial charge in [0.1, 0.15) is 0 Å². The Kier molecular flexibility index (Phi) is 4.32. The lowest BCUT2D eigenvalue weighted by Gasteiger charge is -2.26. The van der Waals surface area contributed by atoms with Crippen LogP contribution in [0.5, 0.6) is 0 Å². The molecule has 1 aliphatic heterocycles. The number of halogens is 1. The number of aromatic nitrogens is 4. The van der Waals surface area contributed by atoms with E-state index in [1.807, 2.05) is 23.6 Å². The van der Waals surface area contributed by atoms with E-state index in [0.717, 1.165) is 35.8 Å². The van der Waals surface area contributed by atoms with E-state index >= 15 is 0 Å². The molecule has 0 saturated carbocycles. The van der Waals surface area contributed by atoms with Gasteiger partial charge in [0, 0.05) is 29.9 Å². The zero-order chi connectivity index (χ0) is 18.3. The highest BCUT2D eigenvalue weighted by molar-refractivity contribution is 6.31. The Hall–Kier alpha value is -2.54. The molecule has 8 heteroatoms. The van der Waals surface area contributed by atoms with Crippen molar-refractivity contribution in [2.24, 2.45) is 0 Å². The summed E-state index contributed by atoms with van der Waals surface area (Å²) in [6.45, 7) is 4.28. The molecule has 1 aliphatic rings. The molecule has 4 rings (SSSR count). The predicted octanol–water partition coefficient (Wildman–Crippen LogP) is 3.23. The van der Waals surface area contributed by atoms with E-state index in [1.54, 1.807) is 10.7 Å². The number of carbonyl (C=O) groups is 1. The van der Waals surface area contributed by atoms with Crippen LogP contribution in [-0.2, 0) is 6.54 Å². The number of pyridine rings is 1. The molecule has 0 atom stereocenters. The molecule has 3 aromatic heterocycles. The molecule has 26 heavy (non-hydrogen) atoms. The number of anilines is 1. The summed E-state index contributed by atoms with van der Waals surface area (Å²) < 4.78 is 3.54. The molecule has 1 saturated heterocycles. The molecule has 0 unspecified atom stereocenters. The van der Waals surface area contributed by atoms with Gasteiger partial charge in [0.2, 0.25) is 0 Å². The van der Waals surface area contributed by atoms with Gasteiger partial charge in [0.15, 0.2) is 11.5 Å². The second-order valence-corrected chi connectivity index (χ2v) is 7.12. The highest BCUT2D eigenvalue weighted by atomic mass is 35.5. The van der Waals surface area contributed by atoms with Crippen molar-refractivity contribution in [1.82, 2.24) is 19.4 Å². The fourth-order valence-corrected chi connectivity index (χ4v) is 3.67. The number of hydrogen-bond acceptors (Lipinski definition) is 4. The molecule has 0 amide bonds. The molecule has 3 aromatic rings. The van der Waals surface area contributed by atoms with Crippen LogP contribution in [0.4, 0.5) is 5.82 Å². The van der Waals surface area contributed by atoms with Crippen molar-refractivity contribution in [2.45, 2.75) is 32.7 Å². The smallest absolute Gasteiger partial charge is 0.356 e. The Morgan fingerprint density at radius 1 is 1.15 bits per heavy atom. The number of hydrogen-bond donors (Lipinski definition) is 1. The van der Waals surface area contributed by atoms with E-state index in [9.17, 15) is 4.79 Å². The van der Waals surface area contributed by atoms with Crippen LogP contribution in [0.1, 0.15) is 41.1 Å². The van der Waals surface area contributed by atoms with Gasteiger partial charge in [-0.2, -0.15) is 5.10 Å². The van der Waals surface area contributed by atoms with E-state index in [4.69, 9.17) is 21.8 Å². The molecule has 0 radical (unpaired) electrons. The average molecular weight is 374 g/mol. The molecular formula is C18H20ClN5O2. The minimum absolute atomic E-state index is 0.0373. The zero-order valence-corrected chi connectivity index (χ0v) is 15.3. The van der Waals surface area contributed by atoms with Gasteiger partial charge in [0.25, 0.3) is 0 Å². The molecule has 0 spiro atoms. The highest BCUT2D eigenvalue weighted by Gasteiger charge is 2.17. The maximum absolute atomic E-state index is 11.1. The molecular weight excluding hydrogens is 354 g/mol. The van der Waals surface area contributed by atoms with Crippen molar-refractivity contribution in [3.05, 3.63) is 46.4 Å². The number of fused-ring (bicyclic) bond motifs is 1. The lowest BCUT2D eigenvalue weighted by Crippen LogP contribution is -2.29. The van der Waals surface area contributed by atoms with Crippen LogP contribution in [0.15, 0.2) is 24.3 Å². The number of carboxylic acid groups (broad SMARTS) is 1. The third-order valence-electron chi connectivity index (χ3n) is 4.78. The number of piperidine rings is 1. The second kappa shape index (κ2) is 6.64. The van der Waals surface area contributed by atoms with Gasteiger partial charge in [-0.3, -0.25) is 4.68 Å². The molecule has 0 aromatic carbocycles. The topological polar surface area (TPSA) is 75.7 Å². The summed E-state index contributed by atoms with van der Waals surface area (Å²) in [5, 5.41) is 18.7. The fourth-order valence-electron chi connectivity index (χ4n) is 3.44. The average Bonchev–Trinajstić information content (AvgIpc) is 3.20. The summed E-state index contributed by atoms with van der Waals surface area (Å²) in [6, 6.07) is 7.36. The Balaban J connectivity index is 1.72. The summed E-state index contributed by atoms with van der Waals surface area (Å²) in [4.78, 5) is 13.4. The van der Waals surface area contributed by atoms with Crippen molar-refractivity contribution < 1.29 is 9.90 Å². The summed E-state index contributed by atoms with van der Waals surface area (Å²) in [7, 11) is 0. The Labute approximate surface area is 155 Å². The van der Waals surface area contributed by atoms with Crippen LogP contribution in [0.25, 0.3) is 5.52 Å². The van der Waals surface area contributed by atoms with Crippen molar-refractivity contribution in [3.63, 3.8) is 0 Å². The van der Waals surface area contributed by atoms with Crippen LogP contribution < -0.4 is 4.90 Å². The van der Waals surface area contributed by atoms with E-state index < -0.39 is 5.97 Å². The minimum atomic E-state index is -1.03. The van der Waals surface area contributed by atoms with Gasteiger partial charge in [-0.15, -0.1) is 5.10 Å². The molecule has 0 aliphatic carbocycles. The van der Waals surface area contributed by atoms with Gasteiger partial charge in [0.05, 0.1) is 17.8 Å². The summed E-state index contributed by atoms with van der Waals surface area (Å²) in [6.07, 6.45) is 3.64. The highest BCUT2D eigenvalue weighted by Crippen LogP contribution is 2.24. The van der Waals surface area contributed by atoms with E-state index in [-0.39, 0.29) is 5.69 Å². The quantitative estimate of drug-likeness (QED) is 0.759. The summed E-state index contributed by atoms with van der Waals surface area (Å²) >= 11 is 6.30. The van der Waals surface area contributed by atoms with Gasteiger partial charge in [-0.1, -0.05) is 11.6 Å². The SMILES string of the molecule is Cc1cc(C(=O)O)nn1Cc1cc(Cl)cc2cc(N3CCCCC3)nn12. The van der Waals surface area contributed by atoms with Gasteiger partial charge in [-0.05, 0) is 44.4 Å². The number of aryl methyl sites for hydroxylation is 1. The Bertz CT molecular complexity index is 972. The first kappa shape index (κ1) is 16.9. The molecule has 0 bridgehead atoms. The van der Waals surface area contributed by atoms with E-state index in [1.165, 1.54) is 19.3 Å². The van der Waals surface area contributed by atoms with Crippen molar-refractivity contribution in [1.29, 1.82) is 0 Å². The first-order valence-electron chi connectivity index (χ1n) is 8.72. The minimum Gasteiger partial charge on any atom is -0.476 e. The zero-order valence-electron chi connectivity index (χ0n) is 14.5. The number of nitrogens with zero attached hydrogens (tertiary/aromatic N) is 5. The van der Waals surface area contributed by atoms with Crippen molar-refractivity contribution >= 4 is 28.9 Å². The molecule has 136 valence electrons. The first-order chi connectivity index (χ1) is 12.5. The van der Waals surface area contributed by atoms with Crippen LogP contribution in [0.2, 0.25) is 5.02 Å². The number of carboxylic acids is 1. The molecule has 1 N–H and O–H groups in total. The van der Waals surface area contributed by atoms with E-state index in [2.05, 4.69) is 16.1 Å². The molecule has 4 heterocycles. The van der Waals surface area contributed by atoms with Crippen molar-refractivity contribution in [3.8, 4) is 0 Å². The molecule has 7 nitrogen and oxygen atoms in total. The van der Waals surface area contributed by atoms with Gasteiger partial charge in [-0.25, -0.2) is 9.31 Å². The maximum Gasteiger partial charge on any atom is 0.356 e. The number of aromatic carboxylic acids is 1. The van der Waals surface area contributed by atoms with Crippen LogP contribution in [0, 0.1) is 6.92 Å². The number of rotatable bonds is 4. The Morgan fingerprint density at radius 3 is 2.62 bits per heavy atom. The van der Waals surface area contributed by atoms with Gasteiger partial charge < -0.3 is 10.0 Å². The lowest BCUT2D eigenvalue weighted by molar-refractivity contribution is 0.0689. The second-order valence-electron chi connectivity index (χ2n) is 6.69. The van der Waals surface area contributed by atoms with Crippen molar-refractivity contribution in [2.75, 3.05) is 18.0 Å². The normalized spacial score (nSPS) is 14.9. The van der Waals surface area contributed by atoms with Gasteiger partial charge >= 0.3 is 5.97 Å². The third-order valence-corrected chi connectivity index (χ3v) is 5.00. The lowest BCUT2D eigenvalue weighted by atomic mass is 10.1. The third kappa shape index (κ3) is 3.14. The largest absolute Gasteiger partial charge is 0.476 e. The maximum atomic E-state index is 11.1. The predicted molar refractivity (Wildman–Crippen MR) is 99.3 cm³/mol. The first-order valence-corrected chi connectivity index (χ1v) is 9.10. The fraction of sp³-hybridized carbons (Fsp3) is 0.389. The summed E-state index contributed by atoms with van der Waals surface area (Å²) in [5.41, 5.74) is 2.60. The van der Waals surface area contributed by atoms with Crippen LogP contribution >= 0.6 is 11.6 Å². The standard InChI is InChI=1S/C18H20ClN5O2/c1-12-7-16(18(25)26)20-23(12)11-15-9-13(19)8-14-10-17(21-24(14)15)22-5-3-2-4-6-22/h7-10H,2-6,11H2,1H3,(H,25,26). The summed E-state index contributed by atoms with van der Waals surface area (Å²) in [5.74, 6) is -0.0776. The van der Waals surface area contributed by atoms with Crippen LogP contribution in [-0.4, -0.2) is 43.6 Å².